The summed E-state index contributed by atoms with van der Waals surface area (Å²) < 4.78 is 5.84. The van der Waals surface area contributed by atoms with E-state index in [1.165, 1.54) is 6.20 Å². The van der Waals surface area contributed by atoms with Crippen LogP contribution >= 0.6 is 0 Å². The van der Waals surface area contributed by atoms with Crippen LogP contribution in [0, 0.1) is 18.3 Å². The van der Waals surface area contributed by atoms with Crippen molar-refractivity contribution >= 4 is 10.9 Å². The van der Waals surface area contributed by atoms with Crippen LogP contribution in [0.3, 0.4) is 0 Å². The maximum absolute atomic E-state index is 9.21. The smallest absolute Gasteiger partial charge is 0.156 e. The molecule has 96 valence electrons. The van der Waals surface area contributed by atoms with Gasteiger partial charge in [0.25, 0.3) is 0 Å². The maximum atomic E-state index is 9.21. The van der Waals surface area contributed by atoms with E-state index >= 15 is 0 Å². The molecule has 0 unspecified atom stereocenters. The molecule has 0 aliphatic rings. The van der Waals surface area contributed by atoms with Gasteiger partial charge in [0, 0.05) is 17.3 Å². The summed E-state index contributed by atoms with van der Waals surface area (Å²) in [6.45, 7) is 1.91. The lowest BCUT2D eigenvalue weighted by Gasteiger charge is -2.10. The maximum Gasteiger partial charge on any atom is 0.156 e. The van der Waals surface area contributed by atoms with Gasteiger partial charge in [-0.25, -0.2) is 0 Å². The number of nitriles is 1. The molecule has 3 rings (SSSR count). The second kappa shape index (κ2) is 4.98. The molecule has 0 radical (unpaired) electrons. The van der Waals surface area contributed by atoms with Crippen molar-refractivity contribution in [3.8, 4) is 17.6 Å². The fourth-order valence-corrected chi connectivity index (χ4v) is 1.94. The van der Waals surface area contributed by atoms with Crippen LogP contribution in [0.2, 0.25) is 0 Å². The zero-order chi connectivity index (χ0) is 13.9. The van der Waals surface area contributed by atoms with E-state index in [9.17, 15) is 5.26 Å². The summed E-state index contributed by atoms with van der Waals surface area (Å²) in [5.74, 6) is 1.12. The van der Waals surface area contributed by atoms with E-state index < -0.39 is 0 Å². The van der Waals surface area contributed by atoms with Gasteiger partial charge in [0.15, 0.2) is 5.75 Å². The normalized spacial score (nSPS) is 10.2. The van der Waals surface area contributed by atoms with Gasteiger partial charge in [-0.2, -0.15) is 5.26 Å². The van der Waals surface area contributed by atoms with E-state index in [-0.39, 0.29) is 0 Å². The molecule has 0 spiro atoms. The minimum Gasteiger partial charge on any atom is -0.454 e. The third kappa shape index (κ3) is 2.17. The van der Waals surface area contributed by atoms with Gasteiger partial charge in [-0.15, -0.1) is 0 Å². The van der Waals surface area contributed by atoms with Crippen LogP contribution in [0.15, 0.2) is 48.8 Å². The molecule has 0 bridgehead atoms. The van der Waals surface area contributed by atoms with Crippen molar-refractivity contribution in [2.45, 2.75) is 6.92 Å². The average molecular weight is 261 g/mol. The number of hydrogen-bond acceptors (Lipinski definition) is 4. The van der Waals surface area contributed by atoms with Gasteiger partial charge < -0.3 is 4.74 Å². The Morgan fingerprint density at radius 1 is 1.05 bits per heavy atom. The zero-order valence-electron chi connectivity index (χ0n) is 10.9. The summed E-state index contributed by atoms with van der Waals surface area (Å²) in [6, 6.07) is 13.4. The first-order chi connectivity index (χ1) is 9.78. The third-order valence-electron chi connectivity index (χ3n) is 2.95. The number of pyridine rings is 2. The molecule has 0 aliphatic carbocycles. The summed E-state index contributed by atoms with van der Waals surface area (Å²) >= 11 is 0. The van der Waals surface area contributed by atoms with Crippen molar-refractivity contribution in [3.05, 3.63) is 60.0 Å². The Balaban J connectivity index is 2.14. The first-order valence-electron chi connectivity index (χ1n) is 6.16. The molecule has 2 heterocycles. The molecule has 1 aromatic carbocycles. The highest BCUT2D eigenvalue weighted by atomic mass is 16.5. The Labute approximate surface area is 116 Å². The van der Waals surface area contributed by atoms with E-state index in [2.05, 4.69) is 16.0 Å². The number of fused-ring (bicyclic) bond motifs is 1. The molecule has 0 atom stereocenters. The molecule has 2 aromatic heterocycles. The molecule has 3 aromatic rings. The number of hydrogen-bond donors (Lipinski definition) is 0. The molecule has 4 nitrogen and oxygen atoms in total. The fourth-order valence-electron chi connectivity index (χ4n) is 1.94. The van der Waals surface area contributed by atoms with Gasteiger partial charge in [0.1, 0.15) is 17.4 Å². The Morgan fingerprint density at radius 2 is 1.90 bits per heavy atom. The van der Waals surface area contributed by atoms with Crippen LogP contribution in [0.25, 0.3) is 10.9 Å². The number of benzene rings is 1. The van der Waals surface area contributed by atoms with E-state index in [4.69, 9.17) is 4.74 Å². The first-order valence-corrected chi connectivity index (χ1v) is 6.16. The molecule has 4 heteroatoms. The van der Waals surface area contributed by atoms with Crippen molar-refractivity contribution in [3.63, 3.8) is 0 Å². The second-order valence-electron chi connectivity index (χ2n) is 4.37. The Kier molecular flexibility index (Phi) is 3.02. The molecular weight excluding hydrogens is 250 g/mol. The minimum atomic E-state index is 0.407. The minimum absolute atomic E-state index is 0.407. The second-order valence-corrected chi connectivity index (χ2v) is 4.37. The fraction of sp³-hybridized carbons (Fsp3) is 0.0625. The van der Waals surface area contributed by atoms with Crippen LogP contribution < -0.4 is 4.74 Å². The predicted molar refractivity (Wildman–Crippen MR) is 75.5 cm³/mol. The Morgan fingerprint density at radius 3 is 2.65 bits per heavy atom. The SMILES string of the molecule is Cc1ccc(Oc2c(C#N)cnc3ccccc23)cn1. The zero-order valence-corrected chi connectivity index (χ0v) is 10.9. The highest BCUT2D eigenvalue weighted by Crippen LogP contribution is 2.31. The third-order valence-corrected chi connectivity index (χ3v) is 2.95. The van der Waals surface area contributed by atoms with Gasteiger partial charge in [-0.1, -0.05) is 12.1 Å². The highest BCUT2D eigenvalue weighted by Gasteiger charge is 2.11. The molecule has 0 saturated heterocycles. The van der Waals surface area contributed by atoms with Gasteiger partial charge in [-0.05, 0) is 31.2 Å². The lowest BCUT2D eigenvalue weighted by atomic mass is 10.1. The summed E-state index contributed by atoms with van der Waals surface area (Å²) in [5, 5.41) is 10.0. The molecule has 0 fully saturated rings. The van der Waals surface area contributed by atoms with Crippen LogP contribution in [0.1, 0.15) is 11.3 Å². The molecular formula is C16H11N3O. The summed E-state index contributed by atoms with van der Waals surface area (Å²) in [6.07, 6.45) is 3.17. The largest absolute Gasteiger partial charge is 0.454 e. The predicted octanol–water partition coefficient (Wildman–Crippen LogP) is 3.60. The van der Waals surface area contributed by atoms with Gasteiger partial charge >= 0.3 is 0 Å². The highest BCUT2D eigenvalue weighted by molar-refractivity contribution is 5.87. The summed E-state index contributed by atoms with van der Waals surface area (Å²) in [5.41, 5.74) is 2.11. The molecule has 0 aliphatic heterocycles. The lowest BCUT2D eigenvalue weighted by molar-refractivity contribution is 0.483. The van der Waals surface area contributed by atoms with Crippen LogP contribution in [-0.4, -0.2) is 9.97 Å². The van der Waals surface area contributed by atoms with Gasteiger partial charge in [0.05, 0.1) is 11.7 Å². The molecule has 20 heavy (non-hydrogen) atoms. The number of para-hydroxylation sites is 1. The quantitative estimate of drug-likeness (QED) is 0.707. The van der Waals surface area contributed by atoms with E-state index in [1.54, 1.807) is 6.20 Å². The molecule has 0 amide bonds. The number of aryl methyl sites for hydroxylation is 1. The van der Waals surface area contributed by atoms with Crippen LogP contribution in [-0.2, 0) is 0 Å². The number of aromatic nitrogens is 2. The van der Waals surface area contributed by atoms with Crippen LogP contribution in [0.5, 0.6) is 11.5 Å². The standard InChI is InChI=1S/C16H11N3O/c1-11-6-7-13(10-18-11)20-16-12(8-17)9-19-15-5-3-2-4-14(15)16/h2-7,9-10H,1H3. The van der Waals surface area contributed by atoms with Crippen molar-refractivity contribution in [2.24, 2.45) is 0 Å². The lowest BCUT2D eigenvalue weighted by Crippen LogP contribution is -1.93. The Bertz CT molecular complexity index is 804. The van der Waals surface area contributed by atoms with E-state index in [0.717, 1.165) is 16.6 Å². The van der Waals surface area contributed by atoms with Gasteiger partial charge in [-0.3, -0.25) is 9.97 Å². The Hall–Kier alpha value is -2.93. The van der Waals surface area contributed by atoms with Gasteiger partial charge in [0.2, 0.25) is 0 Å². The average Bonchev–Trinajstić information content (AvgIpc) is 2.50. The molecule has 0 saturated carbocycles. The number of nitrogens with zero attached hydrogens (tertiary/aromatic N) is 3. The molecule has 0 N–H and O–H groups in total. The van der Waals surface area contributed by atoms with E-state index in [1.807, 2.05) is 43.3 Å². The van der Waals surface area contributed by atoms with Crippen LogP contribution in [0.4, 0.5) is 0 Å². The van der Waals surface area contributed by atoms with Crippen molar-refractivity contribution in [1.82, 2.24) is 9.97 Å². The number of ether oxygens (including phenoxy) is 1. The first kappa shape index (κ1) is 12.1. The summed E-state index contributed by atoms with van der Waals surface area (Å²) in [7, 11) is 0. The van der Waals surface area contributed by atoms with Crippen molar-refractivity contribution in [1.29, 1.82) is 5.26 Å². The number of rotatable bonds is 2. The monoisotopic (exact) mass is 261 g/mol. The summed E-state index contributed by atoms with van der Waals surface area (Å²) in [4.78, 5) is 8.44. The van der Waals surface area contributed by atoms with Crippen molar-refractivity contribution < 1.29 is 4.74 Å². The van der Waals surface area contributed by atoms with Crippen molar-refractivity contribution in [2.75, 3.05) is 0 Å². The topological polar surface area (TPSA) is 58.8 Å². The van der Waals surface area contributed by atoms with E-state index in [0.29, 0.717) is 17.1 Å².